The quantitative estimate of drug-likeness (QED) is 0.786. The number of hydrogen-bond donors (Lipinski definition) is 3. The van der Waals surface area contributed by atoms with Gasteiger partial charge in [-0.05, 0) is 31.9 Å². The van der Waals surface area contributed by atoms with E-state index in [4.69, 9.17) is 9.84 Å². The van der Waals surface area contributed by atoms with Gasteiger partial charge in [0.2, 0.25) is 0 Å². The second-order valence-electron chi connectivity index (χ2n) is 4.79. The van der Waals surface area contributed by atoms with Crippen LogP contribution in [0.3, 0.4) is 0 Å². The van der Waals surface area contributed by atoms with Crippen molar-refractivity contribution in [1.29, 1.82) is 0 Å². The zero-order chi connectivity index (χ0) is 14.5. The van der Waals surface area contributed by atoms with Crippen molar-refractivity contribution >= 4 is 17.7 Å². The Morgan fingerprint density at radius 2 is 2.15 bits per heavy atom. The third kappa shape index (κ3) is 3.48. The summed E-state index contributed by atoms with van der Waals surface area (Å²) in [5.41, 5.74) is 0.337. The number of carboxylic acid groups (broad SMARTS) is 1. The lowest BCUT2D eigenvalue weighted by atomic mass is 10.1. The van der Waals surface area contributed by atoms with Gasteiger partial charge < -0.3 is 20.5 Å². The lowest BCUT2D eigenvalue weighted by Gasteiger charge is -2.20. The molecule has 0 aromatic heterocycles. The fourth-order valence-corrected chi connectivity index (χ4v) is 2.23. The second kappa shape index (κ2) is 6.38. The minimum atomic E-state index is -1.08. The normalized spacial score (nSPS) is 19.4. The van der Waals surface area contributed by atoms with E-state index in [1.165, 1.54) is 6.07 Å². The van der Waals surface area contributed by atoms with Gasteiger partial charge >= 0.3 is 12.0 Å². The summed E-state index contributed by atoms with van der Waals surface area (Å²) < 4.78 is 5.49. The third-order valence-electron chi connectivity index (χ3n) is 3.29. The zero-order valence-electron chi connectivity index (χ0n) is 11.3. The first kappa shape index (κ1) is 14.3. The number of benzene rings is 1. The number of nitrogens with one attached hydrogen (secondary N) is 2. The summed E-state index contributed by atoms with van der Waals surface area (Å²) in [5, 5.41) is 14.4. The van der Waals surface area contributed by atoms with Gasteiger partial charge in [-0.2, -0.15) is 0 Å². The Balaban J connectivity index is 1.96. The molecule has 1 aromatic rings. The van der Waals surface area contributed by atoms with Crippen LogP contribution in [0, 0.1) is 0 Å². The summed E-state index contributed by atoms with van der Waals surface area (Å²) in [5.74, 6) is -1.08. The molecule has 1 heterocycles. The van der Waals surface area contributed by atoms with Crippen LogP contribution >= 0.6 is 0 Å². The molecule has 6 nitrogen and oxygen atoms in total. The fraction of sp³-hybridized carbons (Fsp3) is 0.429. The van der Waals surface area contributed by atoms with Crippen LogP contribution in [-0.4, -0.2) is 35.9 Å². The van der Waals surface area contributed by atoms with Crippen LogP contribution in [0.15, 0.2) is 24.3 Å². The highest BCUT2D eigenvalue weighted by atomic mass is 16.5. The summed E-state index contributed by atoms with van der Waals surface area (Å²) in [6.45, 7) is 2.60. The maximum absolute atomic E-state index is 11.9. The molecule has 3 N–H and O–H groups in total. The van der Waals surface area contributed by atoms with Gasteiger partial charge in [-0.3, -0.25) is 0 Å². The van der Waals surface area contributed by atoms with Gasteiger partial charge in [0.15, 0.2) is 0 Å². The number of rotatable bonds is 4. The van der Waals surface area contributed by atoms with Crippen molar-refractivity contribution in [3.8, 4) is 0 Å². The van der Waals surface area contributed by atoms with Crippen molar-refractivity contribution < 1.29 is 19.4 Å². The van der Waals surface area contributed by atoms with Crippen molar-refractivity contribution in [3.05, 3.63) is 29.8 Å². The molecule has 1 fully saturated rings. The molecule has 2 amide bonds. The molecule has 0 spiro atoms. The first-order chi connectivity index (χ1) is 9.58. The van der Waals surface area contributed by atoms with Crippen molar-refractivity contribution in [2.45, 2.75) is 31.9 Å². The van der Waals surface area contributed by atoms with Crippen molar-refractivity contribution in [3.63, 3.8) is 0 Å². The second-order valence-corrected chi connectivity index (χ2v) is 4.79. The SMILES string of the molecule is CC(NC(=O)Nc1ccccc1C(=O)O)C1CCCO1. The lowest BCUT2D eigenvalue weighted by Crippen LogP contribution is -2.43. The van der Waals surface area contributed by atoms with E-state index in [9.17, 15) is 9.59 Å². The number of hydrogen-bond acceptors (Lipinski definition) is 3. The van der Waals surface area contributed by atoms with Gasteiger partial charge in [0.25, 0.3) is 0 Å². The molecular weight excluding hydrogens is 260 g/mol. The molecular formula is C14H18N2O4. The Hall–Kier alpha value is -2.08. The monoisotopic (exact) mass is 278 g/mol. The molecule has 0 bridgehead atoms. The van der Waals surface area contributed by atoms with Crippen LogP contribution in [0.25, 0.3) is 0 Å². The number of para-hydroxylation sites is 1. The van der Waals surface area contributed by atoms with Crippen molar-refractivity contribution in [2.24, 2.45) is 0 Å². The van der Waals surface area contributed by atoms with E-state index in [0.717, 1.165) is 19.4 Å². The average molecular weight is 278 g/mol. The van der Waals surface area contributed by atoms with Crippen LogP contribution in [0.2, 0.25) is 0 Å². The molecule has 0 radical (unpaired) electrons. The number of ether oxygens (including phenoxy) is 1. The molecule has 2 atom stereocenters. The highest BCUT2D eigenvalue weighted by Gasteiger charge is 2.23. The minimum absolute atomic E-state index is 0.0236. The lowest BCUT2D eigenvalue weighted by molar-refractivity contribution is 0.0698. The maximum Gasteiger partial charge on any atom is 0.337 e. The van der Waals surface area contributed by atoms with E-state index >= 15 is 0 Å². The number of carbonyl (C=O) groups excluding carboxylic acids is 1. The molecule has 0 saturated carbocycles. The Bertz CT molecular complexity index is 498. The molecule has 0 aliphatic carbocycles. The van der Waals surface area contributed by atoms with Crippen LogP contribution < -0.4 is 10.6 Å². The molecule has 1 aromatic carbocycles. The van der Waals surface area contributed by atoms with E-state index in [1.54, 1.807) is 18.2 Å². The van der Waals surface area contributed by atoms with Crippen LogP contribution in [0.1, 0.15) is 30.1 Å². The smallest absolute Gasteiger partial charge is 0.337 e. The Morgan fingerprint density at radius 3 is 2.80 bits per heavy atom. The number of anilines is 1. The van der Waals surface area contributed by atoms with Crippen LogP contribution in [0.4, 0.5) is 10.5 Å². The molecule has 20 heavy (non-hydrogen) atoms. The van der Waals surface area contributed by atoms with Gasteiger partial charge in [0.1, 0.15) is 0 Å². The number of urea groups is 1. The Labute approximate surface area is 117 Å². The highest BCUT2D eigenvalue weighted by molar-refractivity contribution is 6.00. The summed E-state index contributed by atoms with van der Waals surface area (Å²) in [6.07, 6.45) is 1.95. The van der Waals surface area contributed by atoms with E-state index in [2.05, 4.69) is 10.6 Å². The number of amides is 2. The molecule has 1 saturated heterocycles. The van der Waals surface area contributed by atoms with Gasteiger partial charge in [-0.25, -0.2) is 9.59 Å². The summed E-state index contributed by atoms with van der Waals surface area (Å²) in [4.78, 5) is 22.9. The average Bonchev–Trinajstić information content (AvgIpc) is 2.92. The zero-order valence-corrected chi connectivity index (χ0v) is 11.3. The van der Waals surface area contributed by atoms with Gasteiger partial charge in [-0.15, -0.1) is 0 Å². The molecule has 1 aliphatic rings. The Kier molecular flexibility index (Phi) is 4.57. The van der Waals surface area contributed by atoms with Gasteiger partial charge in [-0.1, -0.05) is 12.1 Å². The summed E-state index contributed by atoms with van der Waals surface area (Å²) in [6, 6.07) is 5.74. The molecule has 2 rings (SSSR count). The number of carbonyl (C=O) groups is 2. The fourth-order valence-electron chi connectivity index (χ4n) is 2.23. The number of aromatic carboxylic acids is 1. The standard InChI is InChI=1S/C14H18N2O4/c1-9(12-7-4-8-20-12)15-14(19)16-11-6-3-2-5-10(11)13(17)18/h2-3,5-6,9,12H,4,7-8H2,1H3,(H,17,18)(H2,15,16,19). The molecule has 2 unspecified atom stereocenters. The first-order valence-corrected chi connectivity index (χ1v) is 6.59. The van der Waals surface area contributed by atoms with E-state index in [0.29, 0.717) is 0 Å². The minimum Gasteiger partial charge on any atom is -0.478 e. The molecule has 6 heteroatoms. The summed E-state index contributed by atoms with van der Waals surface area (Å²) in [7, 11) is 0. The van der Waals surface area contributed by atoms with Gasteiger partial charge in [0.05, 0.1) is 23.4 Å². The van der Waals surface area contributed by atoms with Crippen molar-refractivity contribution in [2.75, 3.05) is 11.9 Å². The van der Waals surface area contributed by atoms with E-state index < -0.39 is 12.0 Å². The first-order valence-electron chi connectivity index (χ1n) is 6.59. The van der Waals surface area contributed by atoms with Gasteiger partial charge in [0, 0.05) is 6.61 Å². The van der Waals surface area contributed by atoms with Crippen LogP contribution in [-0.2, 0) is 4.74 Å². The van der Waals surface area contributed by atoms with E-state index in [-0.39, 0.29) is 23.4 Å². The maximum atomic E-state index is 11.9. The Morgan fingerprint density at radius 1 is 1.40 bits per heavy atom. The highest BCUT2D eigenvalue weighted by Crippen LogP contribution is 2.17. The number of carboxylic acids is 1. The topological polar surface area (TPSA) is 87.7 Å². The van der Waals surface area contributed by atoms with Crippen molar-refractivity contribution in [1.82, 2.24) is 5.32 Å². The van der Waals surface area contributed by atoms with E-state index in [1.807, 2.05) is 6.92 Å². The molecule has 1 aliphatic heterocycles. The summed E-state index contributed by atoms with van der Waals surface area (Å²) >= 11 is 0. The third-order valence-corrected chi connectivity index (χ3v) is 3.29. The largest absolute Gasteiger partial charge is 0.478 e. The predicted molar refractivity (Wildman–Crippen MR) is 74.0 cm³/mol. The molecule has 108 valence electrons. The predicted octanol–water partition coefficient (Wildman–Crippen LogP) is 2.07. The van der Waals surface area contributed by atoms with Crippen LogP contribution in [0.5, 0.6) is 0 Å².